The van der Waals surface area contributed by atoms with Crippen molar-refractivity contribution in [3.8, 4) is 5.88 Å². The lowest BCUT2D eigenvalue weighted by molar-refractivity contribution is 0.409. The van der Waals surface area contributed by atoms with Crippen molar-refractivity contribution in [3.63, 3.8) is 0 Å². The summed E-state index contributed by atoms with van der Waals surface area (Å²) in [5.41, 5.74) is -0.810. The third-order valence-electron chi connectivity index (χ3n) is 2.35. The molecule has 1 heterocycles. The van der Waals surface area contributed by atoms with Crippen molar-refractivity contribution < 1.29 is 5.11 Å². The van der Waals surface area contributed by atoms with E-state index in [1.165, 1.54) is 0 Å². The molecular weight excluding hydrogens is 279 g/mol. The van der Waals surface area contributed by atoms with E-state index in [0.717, 1.165) is 10.6 Å². The van der Waals surface area contributed by atoms with E-state index in [2.05, 4.69) is 0 Å². The molecule has 0 saturated heterocycles. The van der Waals surface area contributed by atoms with Gasteiger partial charge in [0.1, 0.15) is 0 Å². The van der Waals surface area contributed by atoms with Gasteiger partial charge in [-0.2, -0.15) is 0 Å². The zero-order valence-electron chi connectivity index (χ0n) is 8.98. The molecule has 2 rings (SSSR count). The highest BCUT2D eigenvalue weighted by Crippen LogP contribution is 2.21. The zero-order chi connectivity index (χ0) is 13.3. The van der Waals surface area contributed by atoms with Crippen LogP contribution >= 0.6 is 23.2 Å². The first-order chi connectivity index (χ1) is 8.47. The molecule has 0 atom stereocenters. The normalized spacial score (nSPS) is 10.6. The van der Waals surface area contributed by atoms with Crippen LogP contribution < -0.4 is 11.2 Å². The van der Waals surface area contributed by atoms with Gasteiger partial charge in [0, 0.05) is 10.0 Å². The van der Waals surface area contributed by atoms with Crippen LogP contribution in [-0.2, 0) is 6.54 Å². The molecule has 0 unspecified atom stereocenters. The molecule has 18 heavy (non-hydrogen) atoms. The first-order valence-electron chi connectivity index (χ1n) is 4.94. The van der Waals surface area contributed by atoms with E-state index in [4.69, 9.17) is 23.2 Å². The molecule has 0 fully saturated rings. The lowest BCUT2D eigenvalue weighted by Gasteiger charge is -2.09. The summed E-state index contributed by atoms with van der Waals surface area (Å²) in [6.07, 6.45) is 0. The number of rotatable bonds is 2. The maximum Gasteiger partial charge on any atom is 0.331 e. The number of aromatic nitrogens is 2. The highest BCUT2D eigenvalue weighted by atomic mass is 35.5. The molecule has 0 saturated carbocycles. The van der Waals surface area contributed by atoms with Crippen molar-refractivity contribution in [2.24, 2.45) is 0 Å². The minimum absolute atomic E-state index is 0.0147. The first kappa shape index (κ1) is 12.7. The lowest BCUT2D eigenvalue weighted by Crippen LogP contribution is -2.29. The number of nitrogens with one attached hydrogen (secondary N) is 1. The minimum atomic E-state index is -0.712. The average Bonchev–Trinajstić information content (AvgIpc) is 2.28. The van der Waals surface area contributed by atoms with Gasteiger partial charge in [-0.1, -0.05) is 23.2 Å². The third-order valence-corrected chi connectivity index (χ3v) is 2.95. The van der Waals surface area contributed by atoms with E-state index in [0.29, 0.717) is 15.6 Å². The van der Waals surface area contributed by atoms with Crippen LogP contribution in [0.2, 0.25) is 10.0 Å². The van der Waals surface area contributed by atoms with E-state index in [-0.39, 0.29) is 6.54 Å². The molecule has 2 aromatic rings. The molecule has 0 aliphatic heterocycles. The van der Waals surface area contributed by atoms with Crippen LogP contribution in [0.5, 0.6) is 5.88 Å². The van der Waals surface area contributed by atoms with Gasteiger partial charge in [-0.05, 0) is 23.8 Å². The standard InChI is InChI=1S/C11H8Cl2N2O3/c12-7-1-2-8(13)6(3-7)5-15-10(17)4-9(16)14-11(15)18/h1-4,17H,5H2,(H,14,16,18). The Morgan fingerprint density at radius 2 is 1.94 bits per heavy atom. The molecule has 7 heteroatoms. The summed E-state index contributed by atoms with van der Waals surface area (Å²) in [4.78, 5) is 24.5. The van der Waals surface area contributed by atoms with Gasteiger partial charge in [0.05, 0.1) is 12.6 Å². The Bertz CT molecular complexity index is 706. The molecule has 0 aliphatic carbocycles. The molecule has 94 valence electrons. The van der Waals surface area contributed by atoms with Gasteiger partial charge in [-0.15, -0.1) is 0 Å². The summed E-state index contributed by atoms with van der Waals surface area (Å²) in [7, 11) is 0. The topological polar surface area (TPSA) is 75.1 Å². The van der Waals surface area contributed by atoms with Crippen molar-refractivity contribution in [2.45, 2.75) is 6.54 Å². The predicted molar refractivity (Wildman–Crippen MR) is 68.6 cm³/mol. The first-order valence-corrected chi connectivity index (χ1v) is 5.70. The van der Waals surface area contributed by atoms with Gasteiger partial charge in [0.25, 0.3) is 5.56 Å². The van der Waals surface area contributed by atoms with Crippen LogP contribution in [0.1, 0.15) is 5.56 Å². The fraction of sp³-hybridized carbons (Fsp3) is 0.0909. The monoisotopic (exact) mass is 286 g/mol. The summed E-state index contributed by atoms with van der Waals surface area (Å²) < 4.78 is 0.985. The van der Waals surface area contributed by atoms with Gasteiger partial charge in [-0.3, -0.25) is 14.3 Å². The fourth-order valence-electron chi connectivity index (χ4n) is 1.50. The smallest absolute Gasteiger partial charge is 0.331 e. The van der Waals surface area contributed by atoms with Crippen LogP contribution in [0.25, 0.3) is 0 Å². The number of aromatic hydroxyl groups is 1. The maximum absolute atomic E-state index is 11.5. The van der Waals surface area contributed by atoms with Crippen LogP contribution in [-0.4, -0.2) is 14.7 Å². The van der Waals surface area contributed by atoms with Gasteiger partial charge >= 0.3 is 5.69 Å². The Balaban J connectivity index is 2.49. The highest BCUT2D eigenvalue weighted by Gasteiger charge is 2.08. The minimum Gasteiger partial charge on any atom is -0.494 e. The van der Waals surface area contributed by atoms with Crippen molar-refractivity contribution in [2.75, 3.05) is 0 Å². The van der Waals surface area contributed by atoms with Crippen molar-refractivity contribution in [1.29, 1.82) is 0 Å². The van der Waals surface area contributed by atoms with Crippen molar-refractivity contribution in [1.82, 2.24) is 9.55 Å². The molecule has 5 nitrogen and oxygen atoms in total. The molecule has 2 N–H and O–H groups in total. The number of hydrogen-bond donors (Lipinski definition) is 2. The van der Waals surface area contributed by atoms with Crippen molar-refractivity contribution >= 4 is 23.2 Å². The SMILES string of the molecule is O=c1cc(O)n(Cc2cc(Cl)ccc2Cl)c(=O)[nH]1. The summed E-state index contributed by atoms with van der Waals surface area (Å²) in [5.74, 6) is -0.431. The fourth-order valence-corrected chi connectivity index (χ4v) is 1.87. The maximum atomic E-state index is 11.5. The third kappa shape index (κ3) is 2.57. The number of nitrogens with zero attached hydrogens (tertiary/aromatic N) is 1. The number of halogens is 2. The Morgan fingerprint density at radius 1 is 1.22 bits per heavy atom. The molecular formula is C11H8Cl2N2O3. The summed E-state index contributed by atoms with van der Waals surface area (Å²) in [6.45, 7) is 0.0147. The molecule has 0 aliphatic rings. The summed E-state index contributed by atoms with van der Waals surface area (Å²) in [6, 6.07) is 5.70. The Hall–Kier alpha value is -1.72. The number of H-pyrrole nitrogens is 1. The second-order valence-corrected chi connectivity index (χ2v) is 4.46. The Labute approximate surface area is 111 Å². The molecule has 1 aromatic heterocycles. The van der Waals surface area contributed by atoms with Crippen LogP contribution in [0.15, 0.2) is 33.9 Å². The molecule has 0 bridgehead atoms. The Morgan fingerprint density at radius 3 is 2.61 bits per heavy atom. The largest absolute Gasteiger partial charge is 0.494 e. The van der Waals surface area contributed by atoms with Gasteiger partial charge in [0.15, 0.2) is 0 Å². The van der Waals surface area contributed by atoms with Crippen LogP contribution in [0.4, 0.5) is 0 Å². The molecule has 0 radical (unpaired) electrons. The Kier molecular flexibility index (Phi) is 3.45. The zero-order valence-corrected chi connectivity index (χ0v) is 10.5. The number of hydrogen-bond acceptors (Lipinski definition) is 3. The predicted octanol–water partition coefficient (Wildman–Crippen LogP) is 1.60. The molecule has 0 spiro atoms. The lowest BCUT2D eigenvalue weighted by atomic mass is 10.2. The van der Waals surface area contributed by atoms with Gasteiger partial charge < -0.3 is 5.11 Å². The molecule has 0 amide bonds. The second-order valence-electron chi connectivity index (χ2n) is 3.62. The summed E-state index contributed by atoms with van der Waals surface area (Å²) >= 11 is 11.8. The van der Waals surface area contributed by atoms with Crippen LogP contribution in [0.3, 0.4) is 0 Å². The van der Waals surface area contributed by atoms with Gasteiger partial charge in [-0.25, -0.2) is 4.79 Å². The van der Waals surface area contributed by atoms with E-state index in [1.807, 2.05) is 4.98 Å². The van der Waals surface area contributed by atoms with E-state index in [1.54, 1.807) is 18.2 Å². The van der Waals surface area contributed by atoms with E-state index >= 15 is 0 Å². The van der Waals surface area contributed by atoms with Crippen LogP contribution in [0, 0.1) is 0 Å². The van der Waals surface area contributed by atoms with Gasteiger partial charge in [0.2, 0.25) is 5.88 Å². The number of benzene rings is 1. The molecule has 1 aromatic carbocycles. The van der Waals surface area contributed by atoms with E-state index < -0.39 is 17.1 Å². The average molecular weight is 287 g/mol. The highest BCUT2D eigenvalue weighted by molar-refractivity contribution is 6.33. The number of aromatic amines is 1. The summed E-state index contributed by atoms with van der Waals surface area (Å²) in [5, 5.41) is 10.4. The van der Waals surface area contributed by atoms with E-state index in [9.17, 15) is 14.7 Å². The quantitative estimate of drug-likeness (QED) is 0.881. The van der Waals surface area contributed by atoms with Crippen molar-refractivity contribution in [3.05, 3.63) is 60.7 Å². The second kappa shape index (κ2) is 4.88.